The molecule has 224 valence electrons. The standard InChI is InChI=1S/C35H56N2O3/c1-27(22-23-31-29(3)19-16-24-35(31,4)5)17-15-18-28(2)25-33(39)37-32(26-38)34(40)36-30-20-13-11-9-7-6-8-10-12-14-21-30/h15,17-18,22-23,25,30,32,38H,6-14,16,19-21,24,26H2,1-5H3,(H,36,40)(H,37,39). The van der Waals surface area contributed by atoms with Crippen LogP contribution in [0.4, 0.5) is 0 Å². The summed E-state index contributed by atoms with van der Waals surface area (Å²) in [6.07, 6.45) is 28.4. The Bertz CT molecular complexity index is 955. The minimum Gasteiger partial charge on any atom is -0.394 e. The molecule has 0 heterocycles. The first kappa shape index (κ1) is 33.8. The Morgan fingerprint density at radius 3 is 2.10 bits per heavy atom. The van der Waals surface area contributed by atoms with Crippen LogP contribution in [0.15, 0.2) is 58.7 Å². The summed E-state index contributed by atoms with van der Waals surface area (Å²) in [6, 6.07) is -0.845. The fourth-order valence-corrected chi connectivity index (χ4v) is 5.90. The molecule has 1 atom stereocenters. The molecule has 1 saturated carbocycles. The van der Waals surface area contributed by atoms with E-state index < -0.39 is 12.6 Å². The summed E-state index contributed by atoms with van der Waals surface area (Å²) in [4.78, 5) is 25.5. The number of nitrogens with one attached hydrogen (secondary N) is 2. The van der Waals surface area contributed by atoms with E-state index in [9.17, 15) is 14.7 Å². The highest BCUT2D eigenvalue weighted by Crippen LogP contribution is 2.40. The van der Waals surface area contributed by atoms with Gasteiger partial charge in [-0.3, -0.25) is 9.59 Å². The minimum atomic E-state index is -0.948. The van der Waals surface area contributed by atoms with Crippen molar-refractivity contribution in [2.45, 2.75) is 137 Å². The van der Waals surface area contributed by atoms with Crippen LogP contribution in [0.1, 0.15) is 125 Å². The van der Waals surface area contributed by atoms with E-state index in [2.05, 4.69) is 50.5 Å². The zero-order chi connectivity index (χ0) is 29.4. The van der Waals surface area contributed by atoms with Gasteiger partial charge < -0.3 is 15.7 Å². The summed E-state index contributed by atoms with van der Waals surface area (Å²) in [6.45, 7) is 10.4. The molecule has 0 radical (unpaired) electrons. The average Bonchev–Trinajstić information content (AvgIpc) is 2.88. The molecule has 3 N–H and O–H groups in total. The molecule has 0 aromatic heterocycles. The summed E-state index contributed by atoms with van der Waals surface area (Å²) in [7, 11) is 0. The fraction of sp³-hybridized carbons (Fsp3) is 0.657. The third kappa shape index (κ3) is 12.8. The Morgan fingerprint density at radius 1 is 0.925 bits per heavy atom. The van der Waals surface area contributed by atoms with Gasteiger partial charge in [-0.2, -0.15) is 0 Å². The van der Waals surface area contributed by atoms with Gasteiger partial charge in [0.2, 0.25) is 11.8 Å². The minimum absolute atomic E-state index is 0.103. The number of amides is 2. The Kier molecular flexibility index (Phi) is 15.3. The van der Waals surface area contributed by atoms with Crippen LogP contribution < -0.4 is 10.6 Å². The third-order valence-corrected chi connectivity index (χ3v) is 8.40. The van der Waals surface area contributed by atoms with Crippen molar-refractivity contribution in [2.75, 3.05) is 6.61 Å². The Hall–Kier alpha value is -2.40. The highest BCUT2D eigenvalue weighted by Gasteiger charge is 2.26. The van der Waals surface area contributed by atoms with Crippen LogP contribution in [0.2, 0.25) is 0 Å². The normalized spacial score (nSPS) is 21.6. The Morgan fingerprint density at radius 2 is 1.52 bits per heavy atom. The summed E-state index contributed by atoms with van der Waals surface area (Å²) in [5.74, 6) is -0.677. The second-order valence-electron chi connectivity index (χ2n) is 12.6. The SMILES string of the molecule is CC(C=CC1=C(C)CCCC1(C)C)=CC=CC(C)=CC(=O)NC(CO)C(=O)NC1CCCCCCCCCCC1. The van der Waals surface area contributed by atoms with E-state index in [-0.39, 0.29) is 23.3 Å². The zero-order valence-corrected chi connectivity index (χ0v) is 26.0. The van der Waals surface area contributed by atoms with Gasteiger partial charge in [0.05, 0.1) is 6.61 Å². The molecule has 2 aliphatic rings. The van der Waals surface area contributed by atoms with Crippen molar-refractivity contribution in [1.82, 2.24) is 10.6 Å². The Labute approximate surface area is 244 Å². The topological polar surface area (TPSA) is 78.4 Å². The van der Waals surface area contributed by atoms with E-state index >= 15 is 0 Å². The summed E-state index contributed by atoms with van der Waals surface area (Å²) in [5.41, 5.74) is 5.05. The lowest BCUT2D eigenvalue weighted by molar-refractivity contribution is -0.128. The molecule has 0 aromatic rings. The molecule has 0 spiro atoms. The maximum Gasteiger partial charge on any atom is 0.245 e. The van der Waals surface area contributed by atoms with E-state index in [1.807, 2.05) is 25.2 Å². The molecule has 2 aliphatic carbocycles. The van der Waals surface area contributed by atoms with Crippen molar-refractivity contribution >= 4 is 11.8 Å². The summed E-state index contributed by atoms with van der Waals surface area (Å²) >= 11 is 0. The lowest BCUT2D eigenvalue weighted by Gasteiger charge is -2.32. The van der Waals surface area contributed by atoms with E-state index in [4.69, 9.17) is 0 Å². The number of hydrogen-bond donors (Lipinski definition) is 3. The predicted octanol–water partition coefficient (Wildman–Crippen LogP) is 7.78. The van der Waals surface area contributed by atoms with Gasteiger partial charge in [-0.05, 0) is 69.4 Å². The second-order valence-corrected chi connectivity index (χ2v) is 12.6. The molecule has 0 saturated heterocycles. The van der Waals surface area contributed by atoms with Crippen LogP contribution >= 0.6 is 0 Å². The highest BCUT2D eigenvalue weighted by molar-refractivity contribution is 5.93. The summed E-state index contributed by atoms with van der Waals surface area (Å²) < 4.78 is 0. The number of aliphatic hydroxyl groups excluding tert-OH is 1. The van der Waals surface area contributed by atoms with Gasteiger partial charge in [0.25, 0.3) is 0 Å². The molecular formula is C35H56N2O3. The van der Waals surface area contributed by atoms with Crippen molar-refractivity contribution < 1.29 is 14.7 Å². The van der Waals surface area contributed by atoms with Crippen molar-refractivity contribution in [2.24, 2.45) is 5.41 Å². The predicted molar refractivity (Wildman–Crippen MR) is 168 cm³/mol. The van der Waals surface area contributed by atoms with Gasteiger partial charge in [0.1, 0.15) is 6.04 Å². The second kappa shape index (κ2) is 18.1. The largest absolute Gasteiger partial charge is 0.394 e. The van der Waals surface area contributed by atoms with Gasteiger partial charge in [-0.15, -0.1) is 0 Å². The van der Waals surface area contributed by atoms with Crippen LogP contribution in [0.25, 0.3) is 0 Å². The molecule has 0 aromatic carbocycles. The molecule has 5 nitrogen and oxygen atoms in total. The number of rotatable bonds is 9. The summed E-state index contributed by atoms with van der Waals surface area (Å²) in [5, 5.41) is 15.6. The van der Waals surface area contributed by atoms with Gasteiger partial charge in [0, 0.05) is 12.1 Å². The molecular weight excluding hydrogens is 496 g/mol. The monoisotopic (exact) mass is 552 g/mol. The van der Waals surface area contributed by atoms with Crippen LogP contribution in [-0.2, 0) is 9.59 Å². The van der Waals surface area contributed by atoms with Crippen LogP contribution in [0.5, 0.6) is 0 Å². The van der Waals surface area contributed by atoms with Gasteiger partial charge in [-0.1, -0.05) is 113 Å². The van der Waals surface area contributed by atoms with E-state index in [0.29, 0.717) is 0 Å². The maximum atomic E-state index is 12.9. The molecule has 0 bridgehead atoms. The van der Waals surface area contributed by atoms with Crippen molar-refractivity contribution in [3.8, 4) is 0 Å². The van der Waals surface area contributed by atoms with Gasteiger partial charge in [0.15, 0.2) is 0 Å². The number of carbonyl (C=O) groups excluding carboxylic acids is 2. The Balaban J connectivity index is 1.89. The van der Waals surface area contributed by atoms with Crippen LogP contribution in [0.3, 0.4) is 0 Å². The first-order valence-electron chi connectivity index (χ1n) is 15.8. The van der Waals surface area contributed by atoms with E-state index in [1.165, 1.54) is 81.4 Å². The molecule has 2 rings (SSSR count). The van der Waals surface area contributed by atoms with E-state index in [0.717, 1.165) is 36.8 Å². The van der Waals surface area contributed by atoms with E-state index in [1.54, 1.807) is 0 Å². The lowest BCUT2D eigenvalue weighted by Crippen LogP contribution is -2.51. The van der Waals surface area contributed by atoms with Crippen molar-refractivity contribution in [1.29, 1.82) is 0 Å². The third-order valence-electron chi connectivity index (χ3n) is 8.40. The highest BCUT2D eigenvalue weighted by atomic mass is 16.3. The molecule has 5 heteroatoms. The lowest BCUT2D eigenvalue weighted by atomic mass is 9.72. The molecule has 40 heavy (non-hydrogen) atoms. The number of allylic oxidation sites excluding steroid dienone is 9. The smallest absolute Gasteiger partial charge is 0.245 e. The fourth-order valence-electron chi connectivity index (χ4n) is 5.90. The first-order chi connectivity index (χ1) is 19.1. The molecule has 2 amide bonds. The zero-order valence-electron chi connectivity index (χ0n) is 26.0. The average molecular weight is 553 g/mol. The first-order valence-corrected chi connectivity index (χ1v) is 15.8. The quantitative estimate of drug-likeness (QED) is 0.202. The number of aliphatic hydroxyl groups is 1. The van der Waals surface area contributed by atoms with Gasteiger partial charge >= 0.3 is 0 Å². The van der Waals surface area contributed by atoms with Crippen LogP contribution in [0, 0.1) is 5.41 Å². The number of carbonyl (C=O) groups is 2. The van der Waals surface area contributed by atoms with Crippen molar-refractivity contribution in [3.63, 3.8) is 0 Å². The molecule has 1 unspecified atom stereocenters. The van der Waals surface area contributed by atoms with Gasteiger partial charge in [-0.25, -0.2) is 0 Å². The van der Waals surface area contributed by atoms with Crippen LogP contribution in [-0.4, -0.2) is 35.6 Å². The molecule has 0 aliphatic heterocycles. The maximum absolute atomic E-state index is 12.9. The van der Waals surface area contributed by atoms with Crippen molar-refractivity contribution in [3.05, 3.63) is 58.7 Å². The molecule has 1 fully saturated rings. The number of hydrogen-bond acceptors (Lipinski definition) is 3.